The summed E-state index contributed by atoms with van der Waals surface area (Å²) in [7, 11) is 0. The number of H-pyrrole nitrogens is 1. The molecule has 0 bridgehead atoms. The summed E-state index contributed by atoms with van der Waals surface area (Å²) >= 11 is 0. The maximum Gasteiger partial charge on any atom is 0.219 e. The highest BCUT2D eigenvalue weighted by Crippen LogP contribution is 2.51. The van der Waals surface area contributed by atoms with Gasteiger partial charge in [0.05, 0.1) is 16.9 Å². The molecule has 172 valence electrons. The van der Waals surface area contributed by atoms with Crippen LogP contribution in [-0.4, -0.2) is 50.6 Å². The Labute approximate surface area is 197 Å². The van der Waals surface area contributed by atoms with E-state index in [1.54, 1.807) is 19.3 Å². The second-order valence-corrected chi connectivity index (χ2v) is 9.24. The van der Waals surface area contributed by atoms with Gasteiger partial charge in [-0.05, 0) is 54.2 Å². The summed E-state index contributed by atoms with van der Waals surface area (Å²) in [5, 5.41) is 10.9. The normalized spacial score (nSPS) is 21.4. The van der Waals surface area contributed by atoms with E-state index in [4.69, 9.17) is 9.72 Å². The lowest BCUT2D eigenvalue weighted by Gasteiger charge is -2.19. The van der Waals surface area contributed by atoms with Crippen molar-refractivity contribution in [1.82, 2.24) is 30.4 Å². The lowest BCUT2D eigenvalue weighted by molar-refractivity contribution is -0.119. The number of aromatic amines is 1. The molecule has 4 heterocycles. The topological polar surface area (TPSA) is 96.0 Å². The average molecular weight is 455 g/mol. The monoisotopic (exact) mass is 454 g/mol. The van der Waals surface area contributed by atoms with Crippen molar-refractivity contribution in [2.75, 3.05) is 19.6 Å². The van der Waals surface area contributed by atoms with Crippen molar-refractivity contribution in [3.63, 3.8) is 0 Å². The number of nitrogens with one attached hydrogen (secondary N) is 2. The third-order valence-corrected chi connectivity index (χ3v) is 6.91. The third kappa shape index (κ3) is 4.24. The smallest absolute Gasteiger partial charge is 0.219 e. The van der Waals surface area contributed by atoms with E-state index in [1.165, 1.54) is 0 Å². The summed E-state index contributed by atoms with van der Waals surface area (Å²) in [5.74, 6) is 3.42. The number of carbonyl (C=O) groups excluding carboxylic acids is 1. The Hall–Kier alpha value is -3.78. The SMILES string of the molecule is CC(=O)NC[C@@H]1C2CN(Cc3ccc4cc(Oc5ccc(-c6ccn[nH]6)cn5)ccc4n3)C[C@H]21. The predicted molar refractivity (Wildman–Crippen MR) is 128 cm³/mol. The molecule has 1 unspecified atom stereocenters. The maximum atomic E-state index is 11.1. The molecule has 34 heavy (non-hydrogen) atoms. The quantitative estimate of drug-likeness (QED) is 0.443. The molecular formula is C26H26N6O2. The van der Waals surface area contributed by atoms with Crippen LogP contribution < -0.4 is 10.1 Å². The molecule has 4 aromatic rings. The van der Waals surface area contributed by atoms with Gasteiger partial charge in [-0.1, -0.05) is 6.07 Å². The molecule has 0 spiro atoms. The number of hydrogen-bond donors (Lipinski definition) is 2. The first kappa shape index (κ1) is 20.8. The van der Waals surface area contributed by atoms with Crippen LogP contribution in [0, 0.1) is 17.8 Å². The molecule has 8 nitrogen and oxygen atoms in total. The molecule has 2 fully saturated rings. The van der Waals surface area contributed by atoms with Crippen molar-refractivity contribution in [3.05, 3.63) is 66.6 Å². The lowest BCUT2D eigenvalue weighted by atomic mass is 10.2. The van der Waals surface area contributed by atoms with Crippen LogP contribution in [0.1, 0.15) is 12.6 Å². The first-order chi connectivity index (χ1) is 16.6. The number of carbonyl (C=O) groups is 1. The predicted octanol–water partition coefficient (Wildman–Crippen LogP) is 3.63. The number of likely N-dealkylation sites (tertiary alicyclic amines) is 1. The Balaban J connectivity index is 1.07. The summed E-state index contributed by atoms with van der Waals surface area (Å²) in [4.78, 5) is 22.9. The number of aromatic nitrogens is 4. The second kappa shape index (κ2) is 8.53. The van der Waals surface area contributed by atoms with Gasteiger partial charge in [0.1, 0.15) is 5.75 Å². The molecule has 2 N–H and O–H groups in total. The Morgan fingerprint density at radius 2 is 2.03 bits per heavy atom. The van der Waals surface area contributed by atoms with Crippen LogP contribution in [0.15, 0.2) is 60.9 Å². The van der Waals surface area contributed by atoms with E-state index in [2.05, 4.69) is 37.5 Å². The number of pyridine rings is 2. The Bertz CT molecular complexity index is 1310. The van der Waals surface area contributed by atoms with Gasteiger partial charge in [0, 0.05) is 62.5 Å². The second-order valence-electron chi connectivity index (χ2n) is 9.24. The fourth-order valence-electron chi connectivity index (χ4n) is 5.09. The van der Waals surface area contributed by atoms with E-state index < -0.39 is 0 Å². The molecule has 1 saturated heterocycles. The highest BCUT2D eigenvalue weighted by atomic mass is 16.5. The number of fused-ring (bicyclic) bond motifs is 2. The molecule has 1 amide bonds. The molecule has 3 atom stereocenters. The van der Waals surface area contributed by atoms with Gasteiger partial charge in [-0.25, -0.2) is 4.98 Å². The van der Waals surface area contributed by atoms with Gasteiger partial charge in [0.25, 0.3) is 0 Å². The summed E-state index contributed by atoms with van der Waals surface area (Å²) in [6.07, 6.45) is 3.48. The van der Waals surface area contributed by atoms with Gasteiger partial charge in [0.15, 0.2) is 0 Å². The molecule has 6 rings (SSSR count). The van der Waals surface area contributed by atoms with E-state index in [1.807, 2.05) is 36.4 Å². The van der Waals surface area contributed by atoms with Gasteiger partial charge >= 0.3 is 0 Å². The number of nitrogens with zero attached hydrogens (tertiary/aromatic N) is 4. The average Bonchev–Trinajstić information content (AvgIpc) is 3.20. The lowest BCUT2D eigenvalue weighted by Crippen LogP contribution is -2.29. The fourth-order valence-corrected chi connectivity index (χ4v) is 5.09. The van der Waals surface area contributed by atoms with E-state index in [0.29, 0.717) is 23.6 Å². The Morgan fingerprint density at radius 3 is 2.76 bits per heavy atom. The molecule has 1 aliphatic carbocycles. The van der Waals surface area contributed by atoms with Gasteiger partial charge in [0.2, 0.25) is 11.8 Å². The summed E-state index contributed by atoms with van der Waals surface area (Å²) in [6, 6.07) is 15.8. The minimum Gasteiger partial charge on any atom is -0.439 e. The van der Waals surface area contributed by atoms with Crippen LogP contribution >= 0.6 is 0 Å². The summed E-state index contributed by atoms with van der Waals surface area (Å²) in [5.41, 5.74) is 3.92. The first-order valence-electron chi connectivity index (χ1n) is 11.6. The van der Waals surface area contributed by atoms with Gasteiger partial charge in [-0.3, -0.25) is 19.8 Å². The molecular weight excluding hydrogens is 428 g/mol. The molecule has 0 radical (unpaired) electrons. The molecule has 3 aromatic heterocycles. The van der Waals surface area contributed by atoms with Gasteiger partial charge in [-0.2, -0.15) is 5.10 Å². The number of piperidine rings is 1. The van der Waals surface area contributed by atoms with Gasteiger partial charge < -0.3 is 10.1 Å². The minimum absolute atomic E-state index is 0.0650. The summed E-state index contributed by atoms with van der Waals surface area (Å²) < 4.78 is 5.96. The minimum atomic E-state index is 0.0650. The maximum absolute atomic E-state index is 11.1. The van der Waals surface area contributed by atoms with Crippen molar-refractivity contribution in [1.29, 1.82) is 0 Å². The Morgan fingerprint density at radius 1 is 1.15 bits per heavy atom. The zero-order valence-corrected chi connectivity index (χ0v) is 18.9. The Kier molecular flexibility index (Phi) is 5.22. The first-order valence-corrected chi connectivity index (χ1v) is 11.6. The van der Waals surface area contributed by atoms with E-state index in [9.17, 15) is 4.79 Å². The van der Waals surface area contributed by atoms with Crippen LogP contribution in [0.25, 0.3) is 22.2 Å². The van der Waals surface area contributed by atoms with Crippen molar-refractivity contribution in [2.45, 2.75) is 13.5 Å². The molecule has 1 saturated carbocycles. The molecule has 1 aromatic carbocycles. The number of ether oxygens (including phenoxy) is 1. The van der Waals surface area contributed by atoms with Crippen LogP contribution in [0.4, 0.5) is 0 Å². The number of hydrogen-bond acceptors (Lipinski definition) is 6. The van der Waals surface area contributed by atoms with E-state index >= 15 is 0 Å². The van der Waals surface area contributed by atoms with Crippen LogP contribution in [0.2, 0.25) is 0 Å². The molecule has 8 heteroatoms. The number of amides is 1. The third-order valence-electron chi connectivity index (χ3n) is 6.91. The van der Waals surface area contributed by atoms with Crippen molar-refractivity contribution in [2.24, 2.45) is 17.8 Å². The fraction of sp³-hybridized carbons (Fsp3) is 0.308. The zero-order chi connectivity index (χ0) is 23.1. The number of benzene rings is 1. The van der Waals surface area contributed by atoms with E-state index in [-0.39, 0.29) is 5.91 Å². The number of rotatable bonds is 7. The van der Waals surface area contributed by atoms with Gasteiger partial charge in [-0.15, -0.1) is 0 Å². The van der Waals surface area contributed by atoms with Crippen molar-refractivity contribution < 1.29 is 9.53 Å². The van der Waals surface area contributed by atoms with Crippen LogP contribution in [0.3, 0.4) is 0 Å². The standard InChI is InChI=1S/C26H26N6O2/c1-16(33)27-12-21-22-14-32(15-23(21)22)13-19-4-2-17-10-20(5-6-24(17)30-19)34-26-7-3-18(11-28-26)25-8-9-29-31-25/h2-11,21-23H,12-15H2,1H3,(H,27,33)(H,29,31)/t21-,22-,23?/m0/s1. The van der Waals surface area contributed by atoms with E-state index in [0.717, 1.165) is 59.8 Å². The molecule has 2 aliphatic rings. The highest BCUT2D eigenvalue weighted by molar-refractivity contribution is 5.80. The van der Waals surface area contributed by atoms with Crippen LogP contribution in [-0.2, 0) is 11.3 Å². The zero-order valence-electron chi connectivity index (χ0n) is 18.9. The van der Waals surface area contributed by atoms with Crippen molar-refractivity contribution in [3.8, 4) is 22.9 Å². The largest absolute Gasteiger partial charge is 0.439 e. The summed E-state index contributed by atoms with van der Waals surface area (Å²) in [6.45, 7) is 5.45. The molecule has 1 aliphatic heterocycles. The van der Waals surface area contributed by atoms with Crippen LogP contribution in [0.5, 0.6) is 11.6 Å². The highest BCUT2D eigenvalue weighted by Gasteiger charge is 2.55. The van der Waals surface area contributed by atoms with Crippen molar-refractivity contribution >= 4 is 16.8 Å².